The molecule has 3 N–H and O–H groups in total. The van der Waals surface area contributed by atoms with E-state index in [4.69, 9.17) is 5.14 Å². The van der Waals surface area contributed by atoms with Crippen LogP contribution in [-0.2, 0) is 21.2 Å². The van der Waals surface area contributed by atoms with E-state index < -0.39 is 28.7 Å². The standard InChI is InChI=1S/C11H13F3N2O3S/c12-11(13,14)7-16-10(17)6-3-8-1-4-9(5-2-8)20(15,18)19/h1-2,4-5H,3,6-7H2,(H,16,17)(H2,15,18,19). The third-order valence-corrected chi connectivity index (χ3v) is 3.31. The number of aryl methyl sites for hydroxylation is 1. The minimum absolute atomic E-state index is 0.0669. The van der Waals surface area contributed by atoms with Crippen molar-refractivity contribution in [1.29, 1.82) is 0 Å². The maximum absolute atomic E-state index is 11.9. The molecule has 112 valence electrons. The number of alkyl halides is 3. The van der Waals surface area contributed by atoms with Crippen molar-refractivity contribution in [3.05, 3.63) is 29.8 Å². The van der Waals surface area contributed by atoms with Crippen LogP contribution in [0.15, 0.2) is 29.2 Å². The molecule has 1 rings (SSSR count). The molecule has 0 atom stereocenters. The van der Waals surface area contributed by atoms with E-state index >= 15 is 0 Å². The first-order valence-electron chi connectivity index (χ1n) is 5.53. The zero-order valence-corrected chi connectivity index (χ0v) is 11.1. The first kappa shape index (κ1) is 16.4. The Kier molecular flexibility index (Phi) is 5.12. The highest BCUT2D eigenvalue weighted by Gasteiger charge is 2.27. The van der Waals surface area contributed by atoms with E-state index in [0.29, 0.717) is 5.56 Å². The van der Waals surface area contributed by atoms with Crippen LogP contribution in [0.5, 0.6) is 0 Å². The summed E-state index contributed by atoms with van der Waals surface area (Å²) < 4.78 is 57.5. The number of sulfonamides is 1. The van der Waals surface area contributed by atoms with Crippen LogP contribution in [0.4, 0.5) is 13.2 Å². The number of hydrogen-bond acceptors (Lipinski definition) is 3. The maximum atomic E-state index is 11.9. The molecule has 0 spiro atoms. The number of amides is 1. The van der Waals surface area contributed by atoms with Gasteiger partial charge in [-0.1, -0.05) is 12.1 Å². The average molecular weight is 310 g/mol. The summed E-state index contributed by atoms with van der Waals surface area (Å²) in [5.74, 6) is -0.724. The second-order valence-electron chi connectivity index (χ2n) is 4.08. The molecule has 0 saturated heterocycles. The van der Waals surface area contributed by atoms with Crippen LogP contribution in [0.2, 0.25) is 0 Å². The summed E-state index contributed by atoms with van der Waals surface area (Å²) in [5, 5.41) is 6.66. The van der Waals surface area contributed by atoms with E-state index in [0.717, 1.165) is 0 Å². The lowest BCUT2D eigenvalue weighted by Gasteiger charge is -2.08. The van der Waals surface area contributed by atoms with E-state index in [9.17, 15) is 26.4 Å². The van der Waals surface area contributed by atoms with Gasteiger partial charge in [0.05, 0.1) is 4.90 Å². The average Bonchev–Trinajstić information content (AvgIpc) is 2.32. The Morgan fingerprint density at radius 2 is 1.75 bits per heavy atom. The van der Waals surface area contributed by atoms with Gasteiger partial charge in [-0.15, -0.1) is 0 Å². The molecule has 5 nitrogen and oxygen atoms in total. The maximum Gasteiger partial charge on any atom is 0.405 e. The molecule has 0 aliphatic heterocycles. The molecule has 1 aromatic carbocycles. The normalized spacial score (nSPS) is 12.2. The van der Waals surface area contributed by atoms with Crippen LogP contribution < -0.4 is 10.5 Å². The third-order valence-electron chi connectivity index (χ3n) is 2.38. The summed E-state index contributed by atoms with van der Waals surface area (Å²) in [4.78, 5) is 11.1. The van der Waals surface area contributed by atoms with Crippen LogP contribution in [0.1, 0.15) is 12.0 Å². The van der Waals surface area contributed by atoms with Crippen molar-refractivity contribution in [3.63, 3.8) is 0 Å². The molecule has 0 aliphatic rings. The van der Waals surface area contributed by atoms with Crippen molar-refractivity contribution in [2.45, 2.75) is 23.9 Å². The Bertz CT molecular complexity index is 568. The zero-order valence-electron chi connectivity index (χ0n) is 10.3. The van der Waals surface area contributed by atoms with Crippen molar-refractivity contribution >= 4 is 15.9 Å². The quantitative estimate of drug-likeness (QED) is 0.848. The van der Waals surface area contributed by atoms with Crippen LogP contribution in [0.25, 0.3) is 0 Å². The van der Waals surface area contributed by atoms with E-state index in [2.05, 4.69) is 0 Å². The number of nitrogens with two attached hydrogens (primary N) is 1. The van der Waals surface area contributed by atoms with Crippen LogP contribution in [-0.4, -0.2) is 27.0 Å². The Hall–Kier alpha value is -1.61. The largest absolute Gasteiger partial charge is 0.405 e. The number of rotatable bonds is 5. The molecule has 0 heterocycles. The van der Waals surface area contributed by atoms with Crippen molar-refractivity contribution in [1.82, 2.24) is 5.32 Å². The van der Waals surface area contributed by atoms with Crippen molar-refractivity contribution in [2.75, 3.05) is 6.54 Å². The van der Waals surface area contributed by atoms with E-state index in [1.54, 1.807) is 5.32 Å². The topological polar surface area (TPSA) is 89.3 Å². The molecule has 0 radical (unpaired) electrons. The van der Waals surface area contributed by atoms with Gasteiger partial charge in [0.2, 0.25) is 15.9 Å². The molecule has 0 bridgehead atoms. The molecule has 0 saturated carbocycles. The number of primary sulfonamides is 1. The molecule has 1 amide bonds. The van der Waals surface area contributed by atoms with Crippen LogP contribution in [0, 0.1) is 0 Å². The Balaban J connectivity index is 2.48. The summed E-state index contributed by atoms with van der Waals surface area (Å²) in [5.41, 5.74) is 0.625. The SMILES string of the molecule is NS(=O)(=O)c1ccc(CCC(=O)NCC(F)(F)F)cc1. The first-order valence-corrected chi connectivity index (χ1v) is 7.08. The van der Waals surface area contributed by atoms with Gasteiger partial charge in [-0.3, -0.25) is 4.79 Å². The third kappa shape index (κ3) is 6.02. The Labute approximate surface area is 114 Å². The molecule has 9 heteroatoms. The predicted molar refractivity (Wildman–Crippen MR) is 65.2 cm³/mol. The molecular formula is C11H13F3N2O3S. The van der Waals surface area contributed by atoms with Gasteiger partial charge in [0.15, 0.2) is 0 Å². The molecular weight excluding hydrogens is 297 g/mol. The number of carbonyl (C=O) groups is 1. The second-order valence-corrected chi connectivity index (χ2v) is 5.64. The lowest BCUT2D eigenvalue weighted by Crippen LogP contribution is -2.33. The van der Waals surface area contributed by atoms with Crippen molar-refractivity contribution in [2.24, 2.45) is 5.14 Å². The van der Waals surface area contributed by atoms with Gasteiger partial charge < -0.3 is 5.32 Å². The molecule has 0 fully saturated rings. The number of benzene rings is 1. The van der Waals surface area contributed by atoms with E-state index in [1.807, 2.05) is 0 Å². The molecule has 1 aromatic rings. The number of hydrogen-bond donors (Lipinski definition) is 2. The smallest absolute Gasteiger partial charge is 0.347 e. The van der Waals surface area contributed by atoms with Crippen LogP contribution >= 0.6 is 0 Å². The highest BCUT2D eigenvalue weighted by molar-refractivity contribution is 7.89. The molecule has 0 aromatic heterocycles. The summed E-state index contributed by atoms with van der Waals surface area (Å²) in [7, 11) is -3.78. The second kappa shape index (κ2) is 6.23. The van der Waals surface area contributed by atoms with E-state index in [1.165, 1.54) is 24.3 Å². The minimum Gasteiger partial charge on any atom is -0.347 e. The fourth-order valence-corrected chi connectivity index (χ4v) is 1.91. The lowest BCUT2D eigenvalue weighted by atomic mass is 10.1. The minimum atomic E-state index is -4.44. The van der Waals surface area contributed by atoms with E-state index in [-0.39, 0.29) is 17.7 Å². The molecule has 20 heavy (non-hydrogen) atoms. The Morgan fingerprint density at radius 1 is 1.20 bits per heavy atom. The summed E-state index contributed by atoms with van der Waals surface area (Å²) in [6.45, 7) is -1.36. The van der Waals surface area contributed by atoms with Gasteiger partial charge in [0, 0.05) is 6.42 Å². The first-order chi connectivity index (χ1) is 9.08. The number of nitrogens with one attached hydrogen (secondary N) is 1. The number of carbonyl (C=O) groups excluding carboxylic acids is 1. The fourth-order valence-electron chi connectivity index (χ4n) is 1.39. The van der Waals surface area contributed by atoms with Gasteiger partial charge in [-0.05, 0) is 24.1 Å². The summed E-state index contributed by atoms with van der Waals surface area (Å²) >= 11 is 0. The fraction of sp³-hybridized carbons (Fsp3) is 0.364. The highest BCUT2D eigenvalue weighted by atomic mass is 32.2. The lowest BCUT2D eigenvalue weighted by molar-refractivity contribution is -0.138. The molecule has 0 aliphatic carbocycles. The van der Waals surface area contributed by atoms with Gasteiger partial charge in [0.1, 0.15) is 6.54 Å². The number of halogens is 3. The monoisotopic (exact) mass is 310 g/mol. The zero-order chi connectivity index (χ0) is 15.4. The molecule has 0 unspecified atom stereocenters. The summed E-state index contributed by atoms with van der Waals surface area (Å²) in [6, 6.07) is 5.46. The Morgan fingerprint density at radius 3 is 2.20 bits per heavy atom. The van der Waals surface area contributed by atoms with Gasteiger partial charge >= 0.3 is 6.18 Å². The van der Waals surface area contributed by atoms with Gasteiger partial charge in [-0.25, -0.2) is 13.6 Å². The van der Waals surface area contributed by atoms with Crippen molar-refractivity contribution < 1.29 is 26.4 Å². The van der Waals surface area contributed by atoms with Gasteiger partial charge in [-0.2, -0.15) is 13.2 Å². The summed E-state index contributed by atoms with van der Waals surface area (Å²) in [6.07, 6.45) is -4.35. The van der Waals surface area contributed by atoms with Crippen molar-refractivity contribution in [3.8, 4) is 0 Å². The highest BCUT2D eigenvalue weighted by Crippen LogP contribution is 2.13. The predicted octanol–water partition coefficient (Wildman–Crippen LogP) is 0.945. The van der Waals surface area contributed by atoms with Crippen LogP contribution in [0.3, 0.4) is 0 Å². The van der Waals surface area contributed by atoms with Gasteiger partial charge in [0.25, 0.3) is 0 Å².